The summed E-state index contributed by atoms with van der Waals surface area (Å²) in [6.45, 7) is 0.915. The molecule has 1 saturated heterocycles. The van der Waals surface area contributed by atoms with Crippen LogP contribution in [0.15, 0.2) is 36.5 Å². The number of aromatic nitrogens is 1. The maximum absolute atomic E-state index is 14.0. The fourth-order valence-corrected chi connectivity index (χ4v) is 5.46. The molecule has 2 aromatic carbocycles. The number of rotatable bonds is 11. The van der Waals surface area contributed by atoms with Crippen LogP contribution in [-0.2, 0) is 11.2 Å². The highest BCUT2D eigenvalue weighted by Gasteiger charge is 2.32. The predicted octanol–water partition coefficient (Wildman–Crippen LogP) is 4.71. The number of anilines is 1. The summed E-state index contributed by atoms with van der Waals surface area (Å²) in [5, 5.41) is 10.2. The molecular formula is C29H35F3N4O4. The highest BCUT2D eigenvalue weighted by Crippen LogP contribution is 2.32. The number of amides is 1. The number of ether oxygens (including phenoxy) is 2. The van der Waals surface area contributed by atoms with E-state index in [4.69, 9.17) is 9.47 Å². The summed E-state index contributed by atoms with van der Waals surface area (Å²) in [6, 6.07) is 6.95. The van der Waals surface area contributed by atoms with E-state index in [-0.39, 0.29) is 18.6 Å². The van der Waals surface area contributed by atoms with Crippen LogP contribution in [0, 0.1) is 23.4 Å². The summed E-state index contributed by atoms with van der Waals surface area (Å²) in [5.41, 5.74) is 4.79. The molecule has 0 bridgehead atoms. The van der Waals surface area contributed by atoms with E-state index in [1.165, 1.54) is 0 Å². The minimum Gasteiger partial charge on any atom is -0.497 e. The van der Waals surface area contributed by atoms with Gasteiger partial charge in [-0.1, -0.05) is 0 Å². The van der Waals surface area contributed by atoms with Gasteiger partial charge in [0.2, 0.25) is 5.91 Å². The Labute approximate surface area is 231 Å². The van der Waals surface area contributed by atoms with Gasteiger partial charge in [0.25, 0.3) is 0 Å². The normalized spacial score (nSPS) is 17.6. The molecule has 0 radical (unpaired) electrons. The number of carbonyl (C=O) groups is 1. The Hall–Kier alpha value is -3.57. The van der Waals surface area contributed by atoms with Crippen molar-refractivity contribution in [1.82, 2.24) is 15.4 Å². The van der Waals surface area contributed by atoms with Crippen LogP contribution in [0.4, 0.5) is 18.9 Å². The van der Waals surface area contributed by atoms with Crippen molar-refractivity contribution < 1.29 is 32.6 Å². The van der Waals surface area contributed by atoms with Gasteiger partial charge in [0.15, 0.2) is 17.4 Å². The number of nitrogens with zero attached hydrogens (tertiary/aromatic N) is 3. The Balaban J connectivity index is 1.47. The van der Waals surface area contributed by atoms with E-state index in [1.54, 1.807) is 12.6 Å². The lowest BCUT2D eigenvalue weighted by molar-refractivity contribution is -0.135. The van der Waals surface area contributed by atoms with Crippen LogP contribution >= 0.6 is 0 Å². The lowest BCUT2D eigenvalue weighted by Crippen LogP contribution is -2.47. The van der Waals surface area contributed by atoms with E-state index < -0.39 is 29.1 Å². The average Bonchev–Trinajstić information content (AvgIpc) is 2.94. The van der Waals surface area contributed by atoms with Crippen LogP contribution in [0.5, 0.6) is 11.5 Å². The van der Waals surface area contributed by atoms with Gasteiger partial charge in [-0.3, -0.25) is 19.9 Å². The summed E-state index contributed by atoms with van der Waals surface area (Å²) < 4.78 is 52.0. The highest BCUT2D eigenvalue weighted by atomic mass is 19.1. The number of methoxy groups -OCH3 is 1. The number of piperidine rings is 1. The van der Waals surface area contributed by atoms with E-state index in [0.29, 0.717) is 38.1 Å². The first-order chi connectivity index (χ1) is 19.2. The topological polar surface area (TPSA) is 87.2 Å². The van der Waals surface area contributed by atoms with Gasteiger partial charge in [-0.05, 0) is 62.4 Å². The van der Waals surface area contributed by atoms with E-state index in [2.05, 4.69) is 9.88 Å². The van der Waals surface area contributed by atoms with Crippen molar-refractivity contribution in [2.75, 3.05) is 45.8 Å². The molecule has 2 N–H and O–H groups in total. The zero-order chi connectivity index (χ0) is 28.8. The van der Waals surface area contributed by atoms with Crippen molar-refractivity contribution in [2.45, 2.75) is 38.1 Å². The molecule has 0 spiro atoms. The number of nitrogens with one attached hydrogen (secondary N) is 1. The summed E-state index contributed by atoms with van der Waals surface area (Å²) in [4.78, 5) is 21.0. The van der Waals surface area contributed by atoms with Crippen molar-refractivity contribution in [3.63, 3.8) is 0 Å². The minimum absolute atomic E-state index is 0.00754. The number of likely N-dealkylation sites (tertiary alicyclic amines) is 1. The molecule has 0 aliphatic carbocycles. The van der Waals surface area contributed by atoms with Crippen molar-refractivity contribution in [1.29, 1.82) is 0 Å². The minimum atomic E-state index is -1.09. The molecular weight excluding hydrogens is 525 g/mol. The lowest BCUT2D eigenvalue weighted by atomic mass is 9.87. The Morgan fingerprint density at radius 1 is 1.20 bits per heavy atom. The Morgan fingerprint density at radius 3 is 2.62 bits per heavy atom. The highest BCUT2D eigenvalue weighted by molar-refractivity contribution is 5.88. The number of fused-ring (bicyclic) bond motifs is 1. The van der Waals surface area contributed by atoms with Crippen LogP contribution in [0.3, 0.4) is 0 Å². The molecule has 11 heteroatoms. The monoisotopic (exact) mass is 560 g/mol. The Morgan fingerprint density at radius 2 is 1.95 bits per heavy atom. The first kappa shape index (κ1) is 29.4. The van der Waals surface area contributed by atoms with Gasteiger partial charge in [-0.2, -0.15) is 0 Å². The molecule has 40 heavy (non-hydrogen) atoms. The molecule has 4 rings (SSSR count). The van der Waals surface area contributed by atoms with Crippen molar-refractivity contribution in [3.05, 3.63) is 59.5 Å². The molecule has 8 nitrogen and oxygen atoms in total. The Kier molecular flexibility index (Phi) is 9.70. The fraction of sp³-hybridized carbons (Fsp3) is 0.448. The molecule has 1 amide bonds. The van der Waals surface area contributed by atoms with E-state index in [1.807, 2.05) is 43.4 Å². The fourth-order valence-electron chi connectivity index (χ4n) is 5.46. The number of hydrogen-bond acceptors (Lipinski definition) is 7. The molecule has 3 aromatic rings. The molecule has 1 aromatic heterocycles. The zero-order valence-corrected chi connectivity index (χ0v) is 22.9. The number of benzene rings is 2. The maximum Gasteiger partial charge on any atom is 0.246 e. The van der Waals surface area contributed by atoms with Crippen LogP contribution in [-0.4, -0.2) is 67.9 Å². The quantitative estimate of drug-likeness (QED) is 0.259. The van der Waals surface area contributed by atoms with E-state index >= 15 is 0 Å². The molecule has 1 aliphatic heterocycles. The number of aryl methyl sites for hydroxylation is 1. The van der Waals surface area contributed by atoms with Gasteiger partial charge >= 0.3 is 0 Å². The molecule has 216 valence electrons. The van der Waals surface area contributed by atoms with Crippen molar-refractivity contribution in [2.24, 2.45) is 5.92 Å². The van der Waals surface area contributed by atoms with Crippen molar-refractivity contribution >= 4 is 22.5 Å². The van der Waals surface area contributed by atoms with Gasteiger partial charge < -0.3 is 14.4 Å². The first-order valence-corrected chi connectivity index (χ1v) is 13.3. The van der Waals surface area contributed by atoms with Crippen LogP contribution in [0.2, 0.25) is 0 Å². The lowest BCUT2D eigenvalue weighted by Gasteiger charge is -2.39. The van der Waals surface area contributed by atoms with Gasteiger partial charge in [0, 0.05) is 50.1 Å². The number of halogens is 3. The molecule has 2 heterocycles. The average molecular weight is 561 g/mol. The predicted molar refractivity (Wildman–Crippen MR) is 145 cm³/mol. The molecule has 2 unspecified atom stereocenters. The Bertz CT molecular complexity index is 1320. The van der Waals surface area contributed by atoms with Gasteiger partial charge in [0.05, 0.1) is 24.5 Å². The zero-order valence-electron chi connectivity index (χ0n) is 22.9. The summed E-state index contributed by atoms with van der Waals surface area (Å²) in [7, 11) is 5.57. The van der Waals surface area contributed by atoms with Gasteiger partial charge in [0.1, 0.15) is 18.2 Å². The van der Waals surface area contributed by atoms with Gasteiger partial charge in [-0.15, -0.1) is 0 Å². The largest absolute Gasteiger partial charge is 0.497 e. The second-order valence-corrected chi connectivity index (χ2v) is 10.2. The first-order valence-electron chi connectivity index (χ1n) is 13.3. The third-order valence-electron chi connectivity index (χ3n) is 7.52. The number of hydrogen-bond donors (Lipinski definition) is 2. The van der Waals surface area contributed by atoms with Crippen LogP contribution in [0.1, 0.15) is 31.2 Å². The summed E-state index contributed by atoms with van der Waals surface area (Å²) in [5.74, 6) is -3.82. The third-order valence-corrected chi connectivity index (χ3v) is 7.52. The summed E-state index contributed by atoms with van der Waals surface area (Å²) in [6.07, 6.45) is 5.22. The number of pyridine rings is 1. The van der Waals surface area contributed by atoms with Crippen LogP contribution in [0.25, 0.3) is 10.9 Å². The van der Waals surface area contributed by atoms with Crippen LogP contribution < -0.4 is 19.9 Å². The number of hydroxylamine groups is 1. The van der Waals surface area contributed by atoms with E-state index in [0.717, 1.165) is 47.2 Å². The smallest absolute Gasteiger partial charge is 0.246 e. The summed E-state index contributed by atoms with van der Waals surface area (Å²) >= 11 is 0. The van der Waals surface area contributed by atoms with E-state index in [9.17, 15) is 23.2 Å². The number of carbonyl (C=O) groups excluding carboxylic acids is 1. The molecule has 2 atom stereocenters. The second kappa shape index (κ2) is 13.2. The molecule has 0 saturated carbocycles. The molecule has 1 fully saturated rings. The molecule has 1 aliphatic rings. The standard InChI is InChI=1S/C29H35F3N4O4/c1-35(2)27-17-33-26-8-7-21(39-3)16-23(26)22(27)6-4-5-20-13-18(29(37)34-38)9-10-36(20)11-12-40-28-24(31)14-19(30)15-25(28)32/h7-8,14-18,20,38H,4-6,9-13H2,1-3H3,(H,34,37). The SMILES string of the molecule is COc1ccc2ncc(N(C)C)c(CCCC3CC(C(=O)NO)CCN3CCOc3c(F)cc(F)cc3F)c2c1. The maximum atomic E-state index is 14.0. The third kappa shape index (κ3) is 6.76. The van der Waals surface area contributed by atoms with Gasteiger partial charge in [-0.25, -0.2) is 18.7 Å². The second-order valence-electron chi connectivity index (χ2n) is 10.2. The van der Waals surface area contributed by atoms with Crippen molar-refractivity contribution in [3.8, 4) is 11.5 Å².